The Morgan fingerprint density at radius 1 is 1.00 bits per heavy atom. The van der Waals surface area contributed by atoms with E-state index in [1.54, 1.807) is 11.1 Å². The highest BCUT2D eigenvalue weighted by Gasteiger charge is 2.78. The van der Waals surface area contributed by atoms with E-state index in [1.807, 2.05) is 0 Å². The van der Waals surface area contributed by atoms with Gasteiger partial charge in [-0.15, -0.1) is 0 Å². The molecule has 15 heavy (non-hydrogen) atoms. The van der Waals surface area contributed by atoms with Crippen LogP contribution in [0.25, 0.3) is 0 Å². The molecule has 0 radical (unpaired) electrons. The summed E-state index contributed by atoms with van der Waals surface area (Å²) >= 11 is 2.35. The highest BCUT2D eigenvalue weighted by molar-refractivity contribution is 8.88. The second-order valence-corrected chi connectivity index (χ2v) is 13.4. The van der Waals surface area contributed by atoms with Crippen LogP contribution in [0.1, 0.15) is 27.7 Å². The predicted molar refractivity (Wildman–Crippen MR) is 72.7 cm³/mol. The molecule has 3 heteroatoms. The van der Waals surface area contributed by atoms with Gasteiger partial charge in [0.05, 0.1) is 0 Å². The van der Waals surface area contributed by atoms with E-state index in [0.717, 1.165) is 11.3 Å². The molecule has 6 unspecified atom stereocenters. The molecular formula is C12H16P2S. The molecule has 0 amide bonds. The van der Waals surface area contributed by atoms with Crippen LogP contribution in [-0.2, 0) is 0 Å². The molecule has 0 aromatic rings. The first kappa shape index (κ1) is 9.69. The summed E-state index contributed by atoms with van der Waals surface area (Å²) in [6, 6.07) is 0. The second kappa shape index (κ2) is 2.43. The normalized spacial score (nSPS) is 63.7. The Labute approximate surface area is 98.0 Å². The van der Waals surface area contributed by atoms with Crippen molar-refractivity contribution in [2.24, 2.45) is 10.8 Å². The third-order valence-corrected chi connectivity index (χ3v) is 16.7. The Hall–Kier alpha value is 0.690. The molecule has 1 aliphatic carbocycles. The van der Waals surface area contributed by atoms with Crippen molar-refractivity contribution in [3.8, 4) is 0 Å². The average molecular weight is 254 g/mol. The molecule has 1 saturated carbocycles. The lowest BCUT2D eigenvalue weighted by atomic mass is 9.46. The maximum Gasteiger partial charge on any atom is 0.0108 e. The van der Waals surface area contributed by atoms with Gasteiger partial charge in [0, 0.05) is 22.1 Å². The van der Waals surface area contributed by atoms with E-state index in [2.05, 4.69) is 50.3 Å². The van der Waals surface area contributed by atoms with Crippen molar-refractivity contribution in [2.75, 3.05) is 0 Å². The summed E-state index contributed by atoms with van der Waals surface area (Å²) in [7, 11) is 0.405. The molecule has 0 aromatic heterocycles. The van der Waals surface area contributed by atoms with Crippen molar-refractivity contribution >= 4 is 25.2 Å². The van der Waals surface area contributed by atoms with Crippen LogP contribution in [0.2, 0.25) is 0 Å². The van der Waals surface area contributed by atoms with Crippen LogP contribution >= 0.6 is 25.2 Å². The lowest BCUT2D eigenvalue weighted by Crippen LogP contribution is -2.64. The third-order valence-electron chi connectivity index (χ3n) is 5.58. The first-order valence-corrected chi connectivity index (χ1v) is 10.6. The topological polar surface area (TPSA) is 0 Å². The van der Waals surface area contributed by atoms with E-state index < -0.39 is 0 Å². The number of rotatable bonds is 0. The Morgan fingerprint density at radius 2 is 1.40 bits per heavy atom. The van der Waals surface area contributed by atoms with E-state index in [4.69, 9.17) is 0 Å². The molecule has 3 heterocycles. The number of fused-ring (bicyclic) bond motifs is 1. The zero-order valence-corrected chi connectivity index (χ0v) is 12.2. The Bertz CT molecular complexity index is 401. The second-order valence-electron chi connectivity index (χ2n) is 5.72. The van der Waals surface area contributed by atoms with Crippen LogP contribution in [0.15, 0.2) is 22.8 Å². The van der Waals surface area contributed by atoms with Crippen molar-refractivity contribution in [1.29, 1.82) is 0 Å². The largest absolute Gasteiger partial charge is 0.0978 e. The minimum absolute atomic E-state index is 0.203. The zero-order chi connectivity index (χ0) is 10.6. The van der Waals surface area contributed by atoms with Crippen LogP contribution in [-0.4, -0.2) is 11.3 Å². The van der Waals surface area contributed by atoms with Gasteiger partial charge in [-0.2, -0.15) is 0 Å². The molecule has 0 N–H and O–H groups in total. The lowest BCUT2D eigenvalue weighted by molar-refractivity contribution is 0.0462. The van der Waals surface area contributed by atoms with Crippen molar-refractivity contribution in [2.45, 2.75) is 39.0 Å². The first-order chi connectivity index (χ1) is 7.01. The van der Waals surface area contributed by atoms with Crippen molar-refractivity contribution in [1.82, 2.24) is 0 Å². The Morgan fingerprint density at radius 3 is 1.80 bits per heavy atom. The van der Waals surface area contributed by atoms with E-state index in [1.165, 1.54) is 0 Å². The summed E-state index contributed by atoms with van der Waals surface area (Å²) in [6.45, 7) is 9.86. The summed E-state index contributed by atoms with van der Waals surface area (Å²) in [5, 5.41) is 0. The molecule has 0 nitrogen and oxygen atoms in total. The van der Waals surface area contributed by atoms with Crippen molar-refractivity contribution < 1.29 is 0 Å². The number of allylic oxidation sites excluding steroid dienone is 2. The smallest absolute Gasteiger partial charge is 0.0108 e. The Balaban J connectivity index is 2.00. The van der Waals surface area contributed by atoms with Crippen molar-refractivity contribution in [3.63, 3.8) is 0 Å². The quantitative estimate of drug-likeness (QED) is 0.540. The highest BCUT2D eigenvalue weighted by atomic mass is 33.1. The van der Waals surface area contributed by atoms with E-state index in [0.29, 0.717) is 10.8 Å². The summed E-state index contributed by atoms with van der Waals surface area (Å²) in [5.41, 5.74) is 6.56. The first-order valence-electron chi connectivity index (χ1n) is 5.64. The van der Waals surface area contributed by atoms with Crippen LogP contribution in [0.5, 0.6) is 0 Å². The SMILES string of the molecule is CC1=CP2SP3C=C(C)C4(C)C3C2C14C. The predicted octanol–water partition coefficient (Wildman–Crippen LogP) is 5.13. The fourth-order valence-corrected chi connectivity index (χ4v) is 20.1. The van der Waals surface area contributed by atoms with Gasteiger partial charge in [-0.3, -0.25) is 0 Å². The third kappa shape index (κ3) is 0.711. The molecule has 6 atom stereocenters. The molecule has 0 aromatic carbocycles. The number of hydrogen-bond donors (Lipinski definition) is 0. The average Bonchev–Trinajstić information content (AvgIpc) is 2.67. The van der Waals surface area contributed by atoms with Gasteiger partial charge in [-0.25, -0.2) is 0 Å². The minimum Gasteiger partial charge on any atom is -0.0978 e. The molecule has 4 aliphatic rings. The van der Waals surface area contributed by atoms with Gasteiger partial charge in [-0.05, 0) is 28.1 Å². The van der Waals surface area contributed by atoms with Crippen LogP contribution in [0.3, 0.4) is 0 Å². The minimum atomic E-state index is 0.203. The zero-order valence-electron chi connectivity index (χ0n) is 9.61. The Kier molecular flexibility index (Phi) is 1.57. The van der Waals surface area contributed by atoms with Crippen molar-refractivity contribution in [3.05, 3.63) is 22.8 Å². The summed E-state index contributed by atoms with van der Waals surface area (Å²) in [6.07, 6.45) is 0. The van der Waals surface area contributed by atoms with Gasteiger partial charge in [0.25, 0.3) is 0 Å². The van der Waals surface area contributed by atoms with Crippen LogP contribution in [0.4, 0.5) is 0 Å². The maximum absolute atomic E-state index is 2.65. The van der Waals surface area contributed by atoms with Gasteiger partial charge < -0.3 is 0 Å². The highest BCUT2D eigenvalue weighted by Crippen LogP contribution is 2.99. The molecule has 0 spiro atoms. The van der Waals surface area contributed by atoms with Crippen LogP contribution < -0.4 is 0 Å². The fourth-order valence-electron chi connectivity index (χ4n) is 4.29. The standard InChI is InChI=1S/C12H16P2S/c1-7-5-13-9-10-12(4,11(7,9)3)8(2)6-14(10)15-13/h5-6,9-10H,1-4H3. The summed E-state index contributed by atoms with van der Waals surface area (Å²) in [5.74, 6) is 5.30. The maximum atomic E-state index is 2.65. The molecule has 2 fully saturated rings. The van der Waals surface area contributed by atoms with E-state index in [-0.39, 0.29) is 14.2 Å². The number of hydrogen-bond acceptors (Lipinski definition) is 1. The molecule has 80 valence electrons. The lowest BCUT2D eigenvalue weighted by Gasteiger charge is -2.63. The van der Waals surface area contributed by atoms with Gasteiger partial charge in [-0.1, -0.05) is 47.6 Å². The van der Waals surface area contributed by atoms with Gasteiger partial charge >= 0.3 is 0 Å². The molecule has 4 rings (SSSR count). The molecule has 3 aliphatic heterocycles. The van der Waals surface area contributed by atoms with Gasteiger partial charge in [0.1, 0.15) is 0 Å². The van der Waals surface area contributed by atoms with E-state index >= 15 is 0 Å². The summed E-state index contributed by atoms with van der Waals surface area (Å²) in [4.78, 5) is 0. The molecule has 0 bridgehead atoms. The van der Waals surface area contributed by atoms with Crippen LogP contribution in [0, 0.1) is 10.8 Å². The van der Waals surface area contributed by atoms with E-state index in [9.17, 15) is 0 Å². The van der Waals surface area contributed by atoms with Gasteiger partial charge in [0.15, 0.2) is 0 Å². The summed E-state index contributed by atoms with van der Waals surface area (Å²) < 4.78 is 0. The molecular weight excluding hydrogens is 238 g/mol. The molecule has 1 saturated heterocycles. The monoisotopic (exact) mass is 254 g/mol. The van der Waals surface area contributed by atoms with Gasteiger partial charge in [0.2, 0.25) is 0 Å². The fraction of sp³-hybridized carbons (Fsp3) is 0.667.